The zero-order chi connectivity index (χ0) is 16.4. The van der Waals surface area contributed by atoms with Crippen LogP contribution in [-0.4, -0.2) is 58.1 Å². The van der Waals surface area contributed by atoms with Gasteiger partial charge in [-0.2, -0.15) is 0 Å². The van der Waals surface area contributed by atoms with Gasteiger partial charge in [0.25, 0.3) is 0 Å². The Hall–Kier alpha value is -2.18. The number of aromatic nitrogens is 2. The molecule has 0 radical (unpaired) electrons. The molecule has 0 aliphatic carbocycles. The Labute approximate surface area is 141 Å². The maximum absolute atomic E-state index is 13.2. The van der Waals surface area contributed by atoms with E-state index in [0.29, 0.717) is 32.8 Å². The number of imidazole rings is 1. The first-order valence-electron chi connectivity index (χ1n) is 8.48. The van der Waals surface area contributed by atoms with Crippen LogP contribution in [0.5, 0.6) is 0 Å². The van der Waals surface area contributed by atoms with Crippen molar-refractivity contribution in [2.75, 3.05) is 32.8 Å². The molecule has 0 bridgehead atoms. The molecule has 6 nitrogen and oxygen atoms in total. The van der Waals surface area contributed by atoms with E-state index in [4.69, 9.17) is 4.74 Å². The molecule has 2 aliphatic heterocycles. The van der Waals surface area contributed by atoms with Crippen molar-refractivity contribution in [1.29, 1.82) is 0 Å². The van der Waals surface area contributed by atoms with Crippen LogP contribution in [0, 0.1) is 0 Å². The van der Waals surface area contributed by atoms with Crippen molar-refractivity contribution in [2.24, 2.45) is 0 Å². The number of fused-ring (bicyclic) bond motifs is 1. The van der Waals surface area contributed by atoms with Crippen molar-refractivity contribution in [3.8, 4) is 0 Å². The van der Waals surface area contributed by atoms with Crippen molar-refractivity contribution in [2.45, 2.75) is 19.1 Å². The second-order valence-electron chi connectivity index (χ2n) is 6.26. The average molecular weight is 326 g/mol. The SMILES string of the molecule is O=C([C@@H](c1ccccc1)N1CCn2ccnc2C1)N1CCOCC1. The summed E-state index contributed by atoms with van der Waals surface area (Å²) in [6.45, 7) is 5.00. The van der Waals surface area contributed by atoms with Gasteiger partial charge in [0.15, 0.2) is 0 Å². The Morgan fingerprint density at radius 3 is 2.67 bits per heavy atom. The van der Waals surface area contributed by atoms with Crippen molar-refractivity contribution >= 4 is 5.91 Å². The number of nitrogens with zero attached hydrogens (tertiary/aromatic N) is 4. The third-order valence-electron chi connectivity index (χ3n) is 4.81. The van der Waals surface area contributed by atoms with Gasteiger partial charge in [0, 0.05) is 38.6 Å². The number of hydrogen-bond donors (Lipinski definition) is 0. The van der Waals surface area contributed by atoms with Gasteiger partial charge in [-0.25, -0.2) is 4.98 Å². The molecule has 3 heterocycles. The van der Waals surface area contributed by atoms with Gasteiger partial charge >= 0.3 is 0 Å². The summed E-state index contributed by atoms with van der Waals surface area (Å²) in [6, 6.07) is 9.83. The lowest BCUT2D eigenvalue weighted by Crippen LogP contribution is -2.49. The van der Waals surface area contributed by atoms with Gasteiger partial charge in [-0.05, 0) is 5.56 Å². The molecular formula is C18H22N4O2. The fraction of sp³-hybridized carbons (Fsp3) is 0.444. The minimum atomic E-state index is -0.255. The molecule has 126 valence electrons. The highest BCUT2D eigenvalue weighted by atomic mass is 16.5. The number of carbonyl (C=O) groups is 1. The summed E-state index contributed by atoms with van der Waals surface area (Å²) in [5, 5.41) is 0. The number of hydrogen-bond acceptors (Lipinski definition) is 4. The maximum atomic E-state index is 13.2. The predicted octanol–water partition coefficient (Wildman–Crippen LogP) is 1.30. The van der Waals surface area contributed by atoms with Crippen molar-refractivity contribution in [1.82, 2.24) is 19.4 Å². The summed E-state index contributed by atoms with van der Waals surface area (Å²) in [5.74, 6) is 1.20. The third-order valence-corrected chi connectivity index (χ3v) is 4.81. The lowest BCUT2D eigenvalue weighted by atomic mass is 10.0. The minimum Gasteiger partial charge on any atom is -0.378 e. The summed E-state index contributed by atoms with van der Waals surface area (Å²) in [7, 11) is 0. The van der Waals surface area contributed by atoms with E-state index in [9.17, 15) is 4.79 Å². The summed E-state index contributed by atoms with van der Waals surface area (Å²) in [6.07, 6.45) is 3.84. The van der Waals surface area contributed by atoms with E-state index < -0.39 is 0 Å². The van der Waals surface area contributed by atoms with Gasteiger partial charge < -0.3 is 14.2 Å². The quantitative estimate of drug-likeness (QED) is 0.853. The third kappa shape index (κ3) is 2.95. The second kappa shape index (κ2) is 6.75. The fourth-order valence-electron chi connectivity index (χ4n) is 3.51. The smallest absolute Gasteiger partial charge is 0.244 e. The van der Waals surface area contributed by atoms with Crippen LogP contribution < -0.4 is 0 Å². The van der Waals surface area contributed by atoms with E-state index in [0.717, 1.165) is 24.5 Å². The molecule has 6 heteroatoms. The Morgan fingerprint density at radius 2 is 1.88 bits per heavy atom. The molecule has 4 rings (SSSR count). The topological polar surface area (TPSA) is 50.6 Å². The molecule has 1 atom stereocenters. The molecule has 1 aromatic heterocycles. The highest BCUT2D eigenvalue weighted by molar-refractivity contribution is 5.83. The molecule has 1 fully saturated rings. The summed E-state index contributed by atoms with van der Waals surface area (Å²) < 4.78 is 7.56. The van der Waals surface area contributed by atoms with Crippen molar-refractivity contribution in [3.05, 3.63) is 54.1 Å². The largest absolute Gasteiger partial charge is 0.378 e. The molecular weight excluding hydrogens is 304 g/mol. The Kier molecular flexibility index (Phi) is 4.32. The Balaban J connectivity index is 1.62. The van der Waals surface area contributed by atoms with Crippen LogP contribution in [0.4, 0.5) is 0 Å². The second-order valence-corrected chi connectivity index (χ2v) is 6.26. The van der Waals surface area contributed by atoms with Crippen LogP contribution in [0.15, 0.2) is 42.7 Å². The van der Waals surface area contributed by atoms with Crippen LogP contribution >= 0.6 is 0 Å². The molecule has 0 N–H and O–H groups in total. The van der Waals surface area contributed by atoms with Gasteiger partial charge in [-0.3, -0.25) is 9.69 Å². The average Bonchev–Trinajstić information content (AvgIpc) is 3.11. The number of amides is 1. The predicted molar refractivity (Wildman–Crippen MR) is 89.2 cm³/mol. The summed E-state index contributed by atoms with van der Waals surface area (Å²) in [5.41, 5.74) is 1.05. The molecule has 2 aliphatic rings. The molecule has 1 saturated heterocycles. The lowest BCUT2D eigenvalue weighted by molar-refractivity contribution is -0.142. The molecule has 0 unspecified atom stereocenters. The van der Waals surface area contributed by atoms with Crippen LogP contribution in [0.1, 0.15) is 17.4 Å². The van der Waals surface area contributed by atoms with Gasteiger partial charge in [0.2, 0.25) is 5.91 Å². The van der Waals surface area contributed by atoms with Crippen molar-refractivity contribution in [3.63, 3.8) is 0 Å². The van der Waals surface area contributed by atoms with E-state index in [2.05, 4.69) is 14.5 Å². The number of benzene rings is 1. The summed E-state index contributed by atoms with van der Waals surface area (Å²) in [4.78, 5) is 21.9. The van der Waals surface area contributed by atoms with E-state index in [1.165, 1.54) is 0 Å². The van der Waals surface area contributed by atoms with Gasteiger partial charge in [-0.1, -0.05) is 30.3 Å². The van der Waals surface area contributed by atoms with E-state index >= 15 is 0 Å². The number of morpholine rings is 1. The Morgan fingerprint density at radius 1 is 1.08 bits per heavy atom. The van der Waals surface area contributed by atoms with Gasteiger partial charge in [-0.15, -0.1) is 0 Å². The van der Waals surface area contributed by atoms with Gasteiger partial charge in [0.05, 0.1) is 19.8 Å². The molecule has 1 aromatic carbocycles. The van der Waals surface area contributed by atoms with Crippen LogP contribution in [0.25, 0.3) is 0 Å². The molecule has 0 saturated carbocycles. The van der Waals surface area contributed by atoms with E-state index in [1.54, 1.807) is 0 Å². The zero-order valence-electron chi connectivity index (χ0n) is 13.7. The number of rotatable bonds is 3. The fourth-order valence-corrected chi connectivity index (χ4v) is 3.51. The molecule has 0 spiro atoms. The van der Waals surface area contributed by atoms with Crippen LogP contribution in [-0.2, 0) is 22.6 Å². The highest BCUT2D eigenvalue weighted by Crippen LogP contribution is 2.27. The molecule has 24 heavy (non-hydrogen) atoms. The first kappa shape index (κ1) is 15.4. The lowest BCUT2D eigenvalue weighted by Gasteiger charge is -2.38. The number of ether oxygens (including phenoxy) is 1. The van der Waals surface area contributed by atoms with Crippen LogP contribution in [0.3, 0.4) is 0 Å². The number of carbonyl (C=O) groups excluding carboxylic acids is 1. The highest BCUT2D eigenvalue weighted by Gasteiger charge is 2.34. The Bertz CT molecular complexity index is 694. The molecule has 2 aromatic rings. The zero-order valence-corrected chi connectivity index (χ0v) is 13.7. The van der Waals surface area contributed by atoms with E-state index in [1.807, 2.05) is 47.6 Å². The first-order chi connectivity index (χ1) is 11.8. The summed E-state index contributed by atoms with van der Waals surface area (Å²) >= 11 is 0. The van der Waals surface area contributed by atoms with Crippen molar-refractivity contribution < 1.29 is 9.53 Å². The van der Waals surface area contributed by atoms with Gasteiger partial charge in [0.1, 0.15) is 11.9 Å². The standard InChI is InChI=1S/C18H22N4O2/c23-18(21-10-12-24-13-11-21)17(15-4-2-1-3-5-15)22-9-8-20-7-6-19-16(20)14-22/h1-7,17H,8-14H2/t17-/m1/s1. The maximum Gasteiger partial charge on any atom is 0.244 e. The van der Waals surface area contributed by atoms with Crippen LogP contribution in [0.2, 0.25) is 0 Å². The molecule has 1 amide bonds. The normalized spacial score (nSPS) is 19.8. The first-order valence-corrected chi connectivity index (χ1v) is 8.48. The monoisotopic (exact) mass is 326 g/mol. The minimum absolute atomic E-state index is 0.171. The van der Waals surface area contributed by atoms with E-state index in [-0.39, 0.29) is 11.9 Å².